The molecular formula is C13H22N2O2S. The van der Waals surface area contributed by atoms with Crippen LogP contribution in [0.1, 0.15) is 32.3 Å². The molecule has 0 atom stereocenters. The van der Waals surface area contributed by atoms with E-state index in [1.165, 1.54) is 0 Å². The Kier molecular flexibility index (Phi) is 6.32. The number of sulfonamides is 1. The first kappa shape index (κ1) is 15.1. The third-order valence-corrected chi connectivity index (χ3v) is 3.97. The molecular weight excluding hydrogens is 248 g/mol. The van der Waals surface area contributed by atoms with Gasteiger partial charge >= 0.3 is 0 Å². The molecule has 18 heavy (non-hydrogen) atoms. The van der Waals surface area contributed by atoms with Gasteiger partial charge in [-0.1, -0.05) is 26.0 Å². The minimum Gasteiger partial charge on any atom is -0.313 e. The van der Waals surface area contributed by atoms with Gasteiger partial charge in [-0.15, -0.1) is 0 Å². The summed E-state index contributed by atoms with van der Waals surface area (Å²) in [6, 6.07) is 7.06. The highest BCUT2D eigenvalue weighted by Crippen LogP contribution is 2.11. The maximum absolute atomic E-state index is 11.9. The van der Waals surface area contributed by atoms with E-state index in [4.69, 9.17) is 0 Å². The highest BCUT2D eigenvalue weighted by molar-refractivity contribution is 7.89. The van der Waals surface area contributed by atoms with Crippen LogP contribution in [0.3, 0.4) is 0 Å². The summed E-state index contributed by atoms with van der Waals surface area (Å²) in [5.74, 6) is 0. The summed E-state index contributed by atoms with van der Waals surface area (Å²) in [5.41, 5.74) is 0.989. The van der Waals surface area contributed by atoms with Crippen molar-refractivity contribution in [2.24, 2.45) is 0 Å². The zero-order valence-corrected chi connectivity index (χ0v) is 11.9. The smallest absolute Gasteiger partial charge is 0.240 e. The molecule has 0 heterocycles. The molecule has 1 aromatic rings. The van der Waals surface area contributed by atoms with Crippen LogP contribution in [-0.4, -0.2) is 21.5 Å². The van der Waals surface area contributed by atoms with E-state index in [9.17, 15) is 8.42 Å². The van der Waals surface area contributed by atoms with Crippen molar-refractivity contribution in [2.75, 3.05) is 13.1 Å². The lowest BCUT2D eigenvalue weighted by Gasteiger charge is -2.08. The minimum atomic E-state index is -3.35. The van der Waals surface area contributed by atoms with Crippen molar-refractivity contribution in [1.82, 2.24) is 10.0 Å². The molecule has 0 spiro atoms. The molecule has 4 nitrogen and oxygen atoms in total. The van der Waals surface area contributed by atoms with Crippen molar-refractivity contribution < 1.29 is 8.42 Å². The Morgan fingerprint density at radius 3 is 2.50 bits per heavy atom. The zero-order chi connectivity index (χ0) is 13.4. The number of hydrogen-bond donors (Lipinski definition) is 2. The summed E-state index contributed by atoms with van der Waals surface area (Å²) < 4.78 is 26.5. The molecule has 0 fully saturated rings. The first-order valence-electron chi connectivity index (χ1n) is 6.39. The summed E-state index contributed by atoms with van der Waals surface area (Å²) in [6.45, 7) is 6.15. The van der Waals surface area contributed by atoms with Gasteiger partial charge in [0.15, 0.2) is 0 Å². The molecule has 1 rings (SSSR count). The summed E-state index contributed by atoms with van der Waals surface area (Å²) in [5, 5.41) is 3.26. The number of nitrogens with one attached hydrogen (secondary N) is 2. The Bertz CT molecular complexity index is 458. The maximum atomic E-state index is 11.9. The first-order valence-corrected chi connectivity index (χ1v) is 7.87. The fraction of sp³-hybridized carbons (Fsp3) is 0.538. The minimum absolute atomic E-state index is 0.340. The van der Waals surface area contributed by atoms with Crippen molar-refractivity contribution in [3.05, 3.63) is 29.8 Å². The molecule has 0 amide bonds. The average molecular weight is 270 g/mol. The average Bonchev–Trinajstić information content (AvgIpc) is 2.37. The van der Waals surface area contributed by atoms with Gasteiger partial charge in [-0.3, -0.25) is 0 Å². The fourth-order valence-corrected chi connectivity index (χ4v) is 2.76. The Balaban J connectivity index is 2.74. The third-order valence-electron chi connectivity index (χ3n) is 2.51. The van der Waals surface area contributed by atoms with Gasteiger partial charge in [-0.2, -0.15) is 0 Å². The van der Waals surface area contributed by atoms with Crippen LogP contribution in [-0.2, 0) is 16.6 Å². The Morgan fingerprint density at radius 1 is 1.11 bits per heavy atom. The van der Waals surface area contributed by atoms with Gasteiger partial charge in [0.25, 0.3) is 0 Å². The number of benzene rings is 1. The van der Waals surface area contributed by atoms with Gasteiger partial charge in [0, 0.05) is 13.1 Å². The molecule has 1 aromatic carbocycles. The molecule has 0 saturated heterocycles. The molecule has 0 aliphatic carbocycles. The van der Waals surface area contributed by atoms with E-state index >= 15 is 0 Å². The highest BCUT2D eigenvalue weighted by atomic mass is 32.2. The van der Waals surface area contributed by atoms with E-state index in [1.807, 2.05) is 13.0 Å². The quantitative estimate of drug-likeness (QED) is 0.709. The maximum Gasteiger partial charge on any atom is 0.240 e. The van der Waals surface area contributed by atoms with Crippen LogP contribution in [0, 0.1) is 0 Å². The summed E-state index contributed by atoms with van der Waals surface area (Å²) in [7, 11) is -3.35. The molecule has 0 bridgehead atoms. The molecule has 5 heteroatoms. The SMILES string of the molecule is CCCNCc1cccc(S(=O)(=O)NCCC)c1. The van der Waals surface area contributed by atoms with E-state index in [2.05, 4.69) is 17.0 Å². The van der Waals surface area contributed by atoms with E-state index in [0.29, 0.717) is 18.0 Å². The Morgan fingerprint density at radius 2 is 1.83 bits per heavy atom. The van der Waals surface area contributed by atoms with Gasteiger partial charge < -0.3 is 5.32 Å². The standard InChI is InChI=1S/C13H22N2O2S/c1-3-8-14-11-12-6-5-7-13(10-12)18(16,17)15-9-4-2/h5-7,10,14-15H,3-4,8-9,11H2,1-2H3. The van der Waals surface area contributed by atoms with E-state index < -0.39 is 10.0 Å². The van der Waals surface area contributed by atoms with Crippen LogP contribution in [0.25, 0.3) is 0 Å². The topological polar surface area (TPSA) is 58.2 Å². The van der Waals surface area contributed by atoms with Crippen LogP contribution >= 0.6 is 0 Å². The van der Waals surface area contributed by atoms with Gasteiger partial charge in [0.1, 0.15) is 0 Å². The summed E-state index contributed by atoms with van der Waals surface area (Å²) in [4.78, 5) is 0.340. The van der Waals surface area contributed by atoms with Gasteiger partial charge in [-0.25, -0.2) is 13.1 Å². The lowest BCUT2D eigenvalue weighted by molar-refractivity contribution is 0.580. The molecule has 0 unspecified atom stereocenters. The van der Waals surface area contributed by atoms with Crippen molar-refractivity contribution in [3.8, 4) is 0 Å². The Labute approximate surface area is 110 Å². The molecule has 0 aliphatic rings. The first-order chi connectivity index (χ1) is 8.60. The van der Waals surface area contributed by atoms with Crippen LogP contribution in [0.2, 0.25) is 0 Å². The molecule has 0 saturated carbocycles. The van der Waals surface area contributed by atoms with Crippen molar-refractivity contribution in [3.63, 3.8) is 0 Å². The van der Waals surface area contributed by atoms with Crippen molar-refractivity contribution in [1.29, 1.82) is 0 Å². The van der Waals surface area contributed by atoms with Gasteiger partial charge in [0.2, 0.25) is 10.0 Å². The lowest BCUT2D eigenvalue weighted by Crippen LogP contribution is -2.24. The molecule has 0 aliphatic heterocycles. The molecule has 102 valence electrons. The second kappa shape index (κ2) is 7.51. The molecule has 2 N–H and O–H groups in total. The van der Waals surface area contributed by atoms with Crippen molar-refractivity contribution >= 4 is 10.0 Å². The molecule has 0 aromatic heterocycles. The summed E-state index contributed by atoms with van der Waals surface area (Å²) >= 11 is 0. The fourth-order valence-electron chi connectivity index (χ4n) is 1.55. The van der Waals surface area contributed by atoms with Crippen LogP contribution in [0.15, 0.2) is 29.2 Å². The van der Waals surface area contributed by atoms with E-state index in [0.717, 1.165) is 24.9 Å². The van der Waals surface area contributed by atoms with E-state index in [1.54, 1.807) is 18.2 Å². The van der Waals surface area contributed by atoms with Crippen LogP contribution in [0.5, 0.6) is 0 Å². The zero-order valence-electron chi connectivity index (χ0n) is 11.1. The second-order valence-corrected chi connectivity index (χ2v) is 5.99. The monoisotopic (exact) mass is 270 g/mol. The van der Waals surface area contributed by atoms with Crippen molar-refractivity contribution in [2.45, 2.75) is 38.1 Å². The Hall–Kier alpha value is -0.910. The third kappa shape index (κ3) is 4.76. The largest absolute Gasteiger partial charge is 0.313 e. The molecule has 0 radical (unpaired) electrons. The van der Waals surface area contributed by atoms with Crippen LogP contribution in [0.4, 0.5) is 0 Å². The number of hydrogen-bond acceptors (Lipinski definition) is 3. The van der Waals surface area contributed by atoms with Gasteiger partial charge in [0.05, 0.1) is 4.90 Å². The lowest BCUT2D eigenvalue weighted by atomic mass is 10.2. The normalized spacial score (nSPS) is 11.7. The van der Waals surface area contributed by atoms with Gasteiger partial charge in [-0.05, 0) is 37.1 Å². The number of rotatable bonds is 8. The van der Waals surface area contributed by atoms with E-state index in [-0.39, 0.29) is 0 Å². The highest BCUT2D eigenvalue weighted by Gasteiger charge is 2.12. The second-order valence-electron chi connectivity index (χ2n) is 4.22. The van der Waals surface area contributed by atoms with Crippen LogP contribution < -0.4 is 10.0 Å². The predicted molar refractivity (Wildman–Crippen MR) is 73.9 cm³/mol. The predicted octanol–water partition coefficient (Wildman–Crippen LogP) is 1.87. The summed E-state index contributed by atoms with van der Waals surface area (Å²) in [6.07, 6.45) is 1.85.